The molecule has 0 radical (unpaired) electrons. The van der Waals surface area contributed by atoms with Crippen LogP contribution in [0, 0.1) is 5.82 Å². The number of nitrogens with zero attached hydrogens (tertiary/aromatic N) is 3. The van der Waals surface area contributed by atoms with Crippen LogP contribution in [0.25, 0.3) is 11.3 Å². The maximum Gasteiger partial charge on any atom is 0.252 e. The molecule has 0 bridgehead atoms. The first-order chi connectivity index (χ1) is 16.3. The number of amides is 1. The number of hydrogen-bond acceptors (Lipinski definition) is 6. The fourth-order valence-corrected chi connectivity index (χ4v) is 4.42. The molecule has 8 nitrogen and oxygen atoms in total. The maximum atomic E-state index is 13.3. The number of anilines is 3. The third kappa shape index (κ3) is 4.00. The lowest BCUT2D eigenvalue weighted by Crippen LogP contribution is -2.39. The molecule has 3 aromatic carbocycles. The number of aromatic nitrogens is 2. The quantitative estimate of drug-likeness (QED) is 0.464. The molecule has 1 aromatic heterocycles. The zero-order valence-electron chi connectivity index (χ0n) is 17.6. The average molecular weight is 476 g/mol. The van der Waals surface area contributed by atoms with Gasteiger partial charge in [-0.3, -0.25) is 4.79 Å². The Bertz CT molecular complexity index is 1480. The van der Waals surface area contributed by atoms with Crippen LogP contribution in [0.4, 0.5) is 21.6 Å². The van der Waals surface area contributed by atoms with Crippen molar-refractivity contribution in [3.63, 3.8) is 0 Å². The van der Waals surface area contributed by atoms with Gasteiger partial charge in [0.2, 0.25) is 10.0 Å². The van der Waals surface area contributed by atoms with Gasteiger partial charge >= 0.3 is 0 Å². The Kier molecular flexibility index (Phi) is 5.31. The van der Waals surface area contributed by atoms with E-state index in [0.29, 0.717) is 28.3 Å². The lowest BCUT2D eigenvalue weighted by Gasteiger charge is -2.37. The Morgan fingerprint density at radius 3 is 2.29 bits per heavy atom. The standard InChI is InChI=1S/C24H18FN5O3S/c25-17-8-6-15(7-9-17)19-11-13-22(29-28-19)30-21-12-10-18(34(26,32)33)14-20(21)27-24(31)23(30)16-4-2-1-3-5-16/h1-14,23H,(H,27,31)(H2,26,32,33). The van der Waals surface area contributed by atoms with Crippen LogP contribution in [0.5, 0.6) is 0 Å². The molecule has 0 saturated carbocycles. The number of hydrogen-bond donors (Lipinski definition) is 2. The highest BCUT2D eigenvalue weighted by molar-refractivity contribution is 7.89. The van der Waals surface area contributed by atoms with E-state index in [-0.39, 0.29) is 22.3 Å². The number of carbonyl (C=O) groups is 1. The predicted octanol–water partition coefficient (Wildman–Crippen LogP) is 3.76. The van der Waals surface area contributed by atoms with E-state index >= 15 is 0 Å². The first kappa shape index (κ1) is 21.7. The minimum absolute atomic E-state index is 0.123. The lowest BCUT2D eigenvalue weighted by molar-refractivity contribution is -0.117. The number of nitrogens with two attached hydrogens (primary N) is 1. The largest absolute Gasteiger partial charge is 0.322 e. The van der Waals surface area contributed by atoms with Gasteiger partial charge in [0.25, 0.3) is 5.91 Å². The van der Waals surface area contributed by atoms with Crippen LogP contribution in [0.15, 0.2) is 89.8 Å². The van der Waals surface area contributed by atoms with Crippen LogP contribution in [0.1, 0.15) is 11.6 Å². The van der Waals surface area contributed by atoms with E-state index in [1.165, 1.54) is 24.3 Å². The van der Waals surface area contributed by atoms with Crippen molar-refractivity contribution in [2.45, 2.75) is 10.9 Å². The SMILES string of the molecule is NS(=O)(=O)c1ccc2c(c1)NC(=O)C(c1ccccc1)N2c1ccc(-c2ccc(F)cc2)nn1. The van der Waals surface area contributed by atoms with Gasteiger partial charge in [-0.1, -0.05) is 30.3 Å². The molecule has 170 valence electrons. The molecule has 0 spiro atoms. The van der Waals surface area contributed by atoms with Crippen LogP contribution in [-0.2, 0) is 14.8 Å². The van der Waals surface area contributed by atoms with Crippen LogP contribution in [0.3, 0.4) is 0 Å². The number of nitrogens with one attached hydrogen (secondary N) is 1. The highest BCUT2D eigenvalue weighted by atomic mass is 32.2. The summed E-state index contributed by atoms with van der Waals surface area (Å²) in [5.74, 6) is -0.345. The normalized spacial score (nSPS) is 15.5. The molecule has 34 heavy (non-hydrogen) atoms. The molecule has 2 heterocycles. The van der Waals surface area contributed by atoms with Crippen molar-refractivity contribution in [1.29, 1.82) is 0 Å². The molecular weight excluding hydrogens is 457 g/mol. The van der Waals surface area contributed by atoms with E-state index in [2.05, 4.69) is 15.5 Å². The summed E-state index contributed by atoms with van der Waals surface area (Å²) < 4.78 is 36.9. The summed E-state index contributed by atoms with van der Waals surface area (Å²) in [7, 11) is -3.97. The zero-order chi connectivity index (χ0) is 23.9. The molecule has 1 aliphatic heterocycles. The summed E-state index contributed by atoms with van der Waals surface area (Å²) >= 11 is 0. The van der Waals surface area contributed by atoms with Gasteiger partial charge in [-0.15, -0.1) is 10.2 Å². The molecule has 1 amide bonds. The second-order valence-corrected chi connectivity index (χ2v) is 9.24. The third-order valence-corrected chi connectivity index (χ3v) is 6.38. The fourth-order valence-electron chi connectivity index (χ4n) is 3.88. The number of rotatable bonds is 4. The van der Waals surface area contributed by atoms with Gasteiger partial charge in [-0.05, 0) is 60.2 Å². The second kappa shape index (κ2) is 8.32. The minimum Gasteiger partial charge on any atom is -0.322 e. The van der Waals surface area contributed by atoms with Gasteiger partial charge in [0.1, 0.15) is 11.9 Å². The van der Waals surface area contributed by atoms with Gasteiger partial charge in [0.05, 0.1) is 22.0 Å². The van der Waals surface area contributed by atoms with Crippen LogP contribution in [0.2, 0.25) is 0 Å². The Morgan fingerprint density at radius 2 is 1.65 bits per heavy atom. The Labute approximate surface area is 194 Å². The Balaban J connectivity index is 1.63. The number of sulfonamides is 1. The molecule has 4 aromatic rings. The van der Waals surface area contributed by atoms with Crippen molar-refractivity contribution in [2.75, 3.05) is 10.2 Å². The molecule has 1 aliphatic rings. The van der Waals surface area contributed by atoms with Crippen LogP contribution >= 0.6 is 0 Å². The van der Waals surface area contributed by atoms with E-state index in [9.17, 15) is 17.6 Å². The summed E-state index contributed by atoms with van der Waals surface area (Å²) in [5.41, 5.74) is 2.75. The average Bonchev–Trinajstić information content (AvgIpc) is 2.83. The van der Waals surface area contributed by atoms with Gasteiger partial charge in [0.15, 0.2) is 5.82 Å². The van der Waals surface area contributed by atoms with Crippen molar-refractivity contribution in [3.05, 3.63) is 96.3 Å². The van der Waals surface area contributed by atoms with E-state index in [1.807, 2.05) is 30.3 Å². The second-order valence-electron chi connectivity index (χ2n) is 7.68. The summed E-state index contributed by atoms with van der Waals surface area (Å²) in [4.78, 5) is 14.8. The topological polar surface area (TPSA) is 118 Å². The zero-order valence-corrected chi connectivity index (χ0v) is 18.4. The highest BCUT2D eigenvalue weighted by Gasteiger charge is 2.36. The molecule has 10 heteroatoms. The number of fused-ring (bicyclic) bond motifs is 1. The molecular formula is C24H18FN5O3S. The van der Waals surface area contributed by atoms with Crippen molar-refractivity contribution in [1.82, 2.24) is 10.2 Å². The van der Waals surface area contributed by atoms with Gasteiger partial charge in [0, 0.05) is 5.56 Å². The number of primary sulfonamides is 1. The first-order valence-corrected chi connectivity index (χ1v) is 11.8. The molecule has 3 N–H and O–H groups in total. The van der Waals surface area contributed by atoms with Gasteiger partial charge in [-0.2, -0.15) is 0 Å². The lowest BCUT2D eigenvalue weighted by atomic mass is 10.00. The molecule has 0 fully saturated rings. The summed E-state index contributed by atoms with van der Waals surface area (Å²) in [6.45, 7) is 0. The number of halogens is 1. The van der Waals surface area contributed by atoms with E-state index in [0.717, 1.165) is 0 Å². The molecule has 0 saturated heterocycles. The van der Waals surface area contributed by atoms with E-state index in [4.69, 9.17) is 5.14 Å². The number of carbonyl (C=O) groups excluding carboxylic acids is 1. The van der Waals surface area contributed by atoms with Gasteiger partial charge < -0.3 is 10.2 Å². The van der Waals surface area contributed by atoms with Crippen molar-refractivity contribution >= 4 is 33.1 Å². The molecule has 5 rings (SSSR count). The summed E-state index contributed by atoms with van der Waals surface area (Å²) in [6.07, 6.45) is 0. The van der Waals surface area contributed by atoms with Crippen molar-refractivity contribution in [2.24, 2.45) is 5.14 Å². The Morgan fingerprint density at radius 1 is 0.912 bits per heavy atom. The highest BCUT2D eigenvalue weighted by Crippen LogP contribution is 2.43. The van der Waals surface area contributed by atoms with Crippen molar-refractivity contribution in [3.8, 4) is 11.3 Å². The number of benzene rings is 3. The molecule has 0 aliphatic carbocycles. The molecule has 1 atom stereocenters. The smallest absolute Gasteiger partial charge is 0.252 e. The minimum atomic E-state index is -3.97. The summed E-state index contributed by atoms with van der Waals surface area (Å²) in [5, 5.41) is 16.7. The first-order valence-electron chi connectivity index (χ1n) is 10.2. The Hall–Kier alpha value is -4.15. The predicted molar refractivity (Wildman–Crippen MR) is 125 cm³/mol. The third-order valence-electron chi connectivity index (χ3n) is 5.47. The van der Waals surface area contributed by atoms with Crippen LogP contribution < -0.4 is 15.4 Å². The van der Waals surface area contributed by atoms with Crippen molar-refractivity contribution < 1.29 is 17.6 Å². The summed E-state index contributed by atoms with van der Waals surface area (Å²) in [6, 6.07) is 21.9. The van der Waals surface area contributed by atoms with Crippen LogP contribution in [-0.4, -0.2) is 24.5 Å². The van der Waals surface area contributed by atoms with E-state index in [1.54, 1.807) is 35.2 Å². The van der Waals surface area contributed by atoms with E-state index < -0.39 is 16.1 Å². The molecule has 1 unspecified atom stereocenters. The maximum absolute atomic E-state index is 13.3. The fraction of sp³-hybridized carbons (Fsp3) is 0.0417. The van der Waals surface area contributed by atoms with Gasteiger partial charge in [-0.25, -0.2) is 17.9 Å². The monoisotopic (exact) mass is 475 g/mol.